The van der Waals surface area contributed by atoms with Crippen LogP contribution >= 0.6 is 0 Å². The fraction of sp³-hybridized carbons (Fsp3) is 0.783. The molecule has 0 aromatic rings. The number of ether oxygens (including phenoxy) is 1. The summed E-state index contributed by atoms with van der Waals surface area (Å²) in [5.74, 6) is 5.21. The predicted octanol–water partition coefficient (Wildman–Crippen LogP) is 3.68. The molecule has 5 heteroatoms. The fourth-order valence-electron chi connectivity index (χ4n) is 4.67. The molecule has 0 spiro atoms. The summed E-state index contributed by atoms with van der Waals surface area (Å²) >= 11 is 0. The van der Waals surface area contributed by atoms with E-state index in [9.17, 15) is 15.0 Å². The van der Waals surface area contributed by atoms with Crippen molar-refractivity contribution >= 4 is 5.97 Å². The maximum atomic E-state index is 10.8. The number of unbranched alkanes of at least 4 members (excludes halogenated alkanes) is 4. The Hall–Kier alpha value is -1.35. The van der Waals surface area contributed by atoms with Gasteiger partial charge < -0.3 is 20.1 Å². The van der Waals surface area contributed by atoms with Gasteiger partial charge in [-0.1, -0.05) is 50.5 Å². The number of aliphatic hydroxyl groups is 2. The molecule has 1 unspecified atom stereocenters. The van der Waals surface area contributed by atoms with Gasteiger partial charge in [-0.15, -0.1) is 0 Å². The topological polar surface area (TPSA) is 87.0 Å². The summed E-state index contributed by atoms with van der Waals surface area (Å²) in [6, 6.07) is 0. The van der Waals surface area contributed by atoms with Crippen molar-refractivity contribution in [1.29, 1.82) is 0 Å². The van der Waals surface area contributed by atoms with Crippen LogP contribution in [0.4, 0.5) is 0 Å². The number of rotatable bonds is 10. The molecule has 2 rings (SSSR count). The number of carboxylic acid groups (broad SMARTS) is 1. The highest BCUT2D eigenvalue weighted by atomic mass is 16.5. The molecule has 28 heavy (non-hydrogen) atoms. The first kappa shape index (κ1) is 22.9. The second-order valence-corrected chi connectivity index (χ2v) is 8.21. The van der Waals surface area contributed by atoms with Crippen LogP contribution in [0.3, 0.4) is 0 Å². The van der Waals surface area contributed by atoms with Crippen molar-refractivity contribution < 1.29 is 24.9 Å². The molecule has 3 N–H and O–H groups in total. The first-order valence-corrected chi connectivity index (χ1v) is 10.8. The third-order valence-corrected chi connectivity index (χ3v) is 6.35. The highest BCUT2D eigenvalue weighted by Crippen LogP contribution is 2.56. The van der Waals surface area contributed by atoms with Gasteiger partial charge in [0.25, 0.3) is 0 Å². The molecule has 0 heterocycles. The number of carbonyl (C=O) groups is 1. The first-order chi connectivity index (χ1) is 13.4. The minimum absolute atomic E-state index is 0.0987. The highest BCUT2D eigenvalue weighted by molar-refractivity contribution is 5.66. The summed E-state index contributed by atoms with van der Waals surface area (Å²) in [7, 11) is 1.69. The van der Waals surface area contributed by atoms with Crippen LogP contribution in [0.5, 0.6) is 0 Å². The van der Waals surface area contributed by atoms with Crippen molar-refractivity contribution in [2.24, 2.45) is 11.8 Å². The maximum Gasteiger partial charge on any atom is 0.303 e. The lowest BCUT2D eigenvalue weighted by Crippen LogP contribution is -2.59. The predicted molar refractivity (Wildman–Crippen MR) is 109 cm³/mol. The lowest BCUT2D eigenvalue weighted by molar-refractivity contribution is -0.139. The zero-order chi connectivity index (χ0) is 20.6. The van der Waals surface area contributed by atoms with Crippen molar-refractivity contribution in [1.82, 2.24) is 0 Å². The number of methoxy groups -OCH3 is 1. The SMILES string of the molecule is CCCCCCCC(O)C#C[C@H]1[C@H](O)CC[C@]2(OC)C(=CCCC(=O)O)C[C@H]12. The number of hydrogen-bond acceptors (Lipinski definition) is 4. The normalized spacial score (nSPS) is 31.4. The van der Waals surface area contributed by atoms with Gasteiger partial charge >= 0.3 is 5.97 Å². The molecule has 0 saturated heterocycles. The molecule has 2 aliphatic carbocycles. The van der Waals surface area contributed by atoms with Crippen LogP contribution in [0.2, 0.25) is 0 Å². The van der Waals surface area contributed by atoms with E-state index in [1.54, 1.807) is 7.11 Å². The smallest absolute Gasteiger partial charge is 0.303 e. The molecule has 0 amide bonds. The van der Waals surface area contributed by atoms with E-state index in [1.807, 2.05) is 6.08 Å². The Morgan fingerprint density at radius 1 is 1.36 bits per heavy atom. The molecule has 0 bridgehead atoms. The van der Waals surface area contributed by atoms with E-state index in [1.165, 1.54) is 19.3 Å². The van der Waals surface area contributed by atoms with Gasteiger partial charge in [-0.2, -0.15) is 0 Å². The van der Waals surface area contributed by atoms with Gasteiger partial charge in [0.05, 0.1) is 17.6 Å². The summed E-state index contributed by atoms with van der Waals surface area (Å²) in [5, 5.41) is 29.5. The van der Waals surface area contributed by atoms with E-state index in [-0.39, 0.29) is 18.3 Å². The van der Waals surface area contributed by atoms with E-state index in [0.29, 0.717) is 19.3 Å². The summed E-state index contributed by atoms with van der Waals surface area (Å²) in [6.45, 7) is 2.18. The average Bonchev–Trinajstić information content (AvgIpc) is 2.65. The molecule has 158 valence electrons. The Morgan fingerprint density at radius 2 is 2.11 bits per heavy atom. The van der Waals surface area contributed by atoms with E-state index in [2.05, 4.69) is 18.8 Å². The maximum absolute atomic E-state index is 10.8. The van der Waals surface area contributed by atoms with Crippen molar-refractivity contribution in [3.05, 3.63) is 11.6 Å². The lowest BCUT2D eigenvalue weighted by Gasteiger charge is -2.57. The monoisotopic (exact) mass is 392 g/mol. The molecule has 2 fully saturated rings. The number of aliphatic hydroxyl groups excluding tert-OH is 2. The third kappa shape index (κ3) is 5.59. The van der Waals surface area contributed by atoms with Crippen LogP contribution in [0.15, 0.2) is 11.6 Å². The van der Waals surface area contributed by atoms with Gasteiger partial charge in [-0.05, 0) is 44.1 Å². The zero-order valence-corrected chi connectivity index (χ0v) is 17.3. The first-order valence-electron chi connectivity index (χ1n) is 10.8. The average molecular weight is 393 g/mol. The molecule has 5 nitrogen and oxygen atoms in total. The van der Waals surface area contributed by atoms with Crippen LogP contribution in [0, 0.1) is 23.7 Å². The van der Waals surface area contributed by atoms with Crippen LogP contribution < -0.4 is 0 Å². The van der Waals surface area contributed by atoms with Crippen LogP contribution in [-0.2, 0) is 9.53 Å². The number of aliphatic carboxylic acids is 1. The van der Waals surface area contributed by atoms with Crippen LogP contribution in [-0.4, -0.2) is 46.2 Å². The van der Waals surface area contributed by atoms with E-state index >= 15 is 0 Å². The second-order valence-electron chi connectivity index (χ2n) is 8.21. The number of fused-ring (bicyclic) bond motifs is 1. The largest absolute Gasteiger partial charge is 0.481 e. The van der Waals surface area contributed by atoms with E-state index in [0.717, 1.165) is 31.3 Å². The van der Waals surface area contributed by atoms with Crippen molar-refractivity contribution in [2.45, 2.75) is 95.4 Å². The summed E-state index contributed by atoms with van der Waals surface area (Å²) in [6.07, 6.45) is 9.99. The van der Waals surface area contributed by atoms with Gasteiger partial charge in [0, 0.05) is 19.4 Å². The van der Waals surface area contributed by atoms with Crippen LogP contribution in [0.25, 0.3) is 0 Å². The molecule has 2 saturated carbocycles. The number of allylic oxidation sites excluding steroid dienone is 1. The lowest BCUT2D eigenvalue weighted by atomic mass is 9.53. The van der Waals surface area contributed by atoms with Crippen molar-refractivity contribution in [3.8, 4) is 11.8 Å². The Morgan fingerprint density at radius 3 is 2.79 bits per heavy atom. The zero-order valence-electron chi connectivity index (χ0n) is 17.3. The molecular formula is C23H36O5. The molecule has 5 atom stereocenters. The summed E-state index contributed by atoms with van der Waals surface area (Å²) in [5.41, 5.74) is 0.707. The minimum atomic E-state index is -0.800. The minimum Gasteiger partial charge on any atom is -0.481 e. The Kier molecular flexibility index (Phi) is 9.01. The Balaban J connectivity index is 1.95. The van der Waals surface area contributed by atoms with Gasteiger partial charge in [0.1, 0.15) is 6.10 Å². The Labute approximate surface area is 169 Å². The van der Waals surface area contributed by atoms with Gasteiger partial charge in [0.2, 0.25) is 0 Å². The number of hydrogen-bond donors (Lipinski definition) is 3. The van der Waals surface area contributed by atoms with E-state index in [4.69, 9.17) is 9.84 Å². The second kappa shape index (κ2) is 11.0. The van der Waals surface area contributed by atoms with Gasteiger partial charge in [-0.25, -0.2) is 0 Å². The van der Waals surface area contributed by atoms with E-state index < -0.39 is 23.8 Å². The van der Waals surface area contributed by atoms with Crippen molar-refractivity contribution in [2.75, 3.05) is 7.11 Å². The van der Waals surface area contributed by atoms with Gasteiger partial charge in [-0.3, -0.25) is 4.79 Å². The quantitative estimate of drug-likeness (QED) is 0.300. The molecule has 0 aromatic carbocycles. The third-order valence-electron chi connectivity index (χ3n) is 6.35. The summed E-state index contributed by atoms with van der Waals surface area (Å²) < 4.78 is 5.88. The summed E-state index contributed by atoms with van der Waals surface area (Å²) in [4.78, 5) is 10.8. The molecular weight excluding hydrogens is 356 g/mol. The molecule has 2 aliphatic rings. The highest BCUT2D eigenvalue weighted by Gasteiger charge is 2.58. The molecule has 0 aliphatic heterocycles. The standard InChI is InChI=1S/C23H36O5/c1-3-4-5-6-7-10-18(24)12-13-19-20-16-17(9-8-11-22(26)27)23(20,28-2)15-14-21(19)25/h9,18-21,24-25H,3-8,10-11,14-16H2,1-2H3,(H,26,27)/t18?,19-,20-,21-,23+/m1/s1. The van der Waals surface area contributed by atoms with Gasteiger partial charge in [0.15, 0.2) is 0 Å². The van der Waals surface area contributed by atoms with Crippen molar-refractivity contribution in [3.63, 3.8) is 0 Å². The van der Waals surface area contributed by atoms with Crippen LogP contribution in [0.1, 0.15) is 77.6 Å². The molecule has 0 radical (unpaired) electrons. The number of carboxylic acids is 1. The fourth-order valence-corrected chi connectivity index (χ4v) is 4.67. The Bertz CT molecular complexity index is 602. The molecule has 0 aromatic heterocycles.